The molecule has 2 rings (SSSR count). The fraction of sp³-hybridized carbons (Fsp3) is 0.214. The van der Waals surface area contributed by atoms with E-state index in [1.54, 1.807) is 0 Å². The summed E-state index contributed by atoms with van der Waals surface area (Å²) in [5, 5.41) is 8.88. The van der Waals surface area contributed by atoms with Crippen LogP contribution >= 0.6 is 15.9 Å². The van der Waals surface area contributed by atoms with E-state index in [0.717, 1.165) is 10.0 Å². The Hall–Kier alpha value is -1.75. The topological polar surface area (TPSA) is 63.1 Å². The maximum atomic E-state index is 10.8. The number of aryl methyl sites for hydroxylation is 2. The molecule has 5 heteroatoms. The van der Waals surface area contributed by atoms with Crippen molar-refractivity contribution in [2.75, 3.05) is 0 Å². The molecule has 0 aliphatic rings. The Morgan fingerprint density at radius 2 is 1.89 bits per heavy atom. The van der Waals surface area contributed by atoms with Gasteiger partial charge in [-0.2, -0.15) is 0 Å². The summed E-state index contributed by atoms with van der Waals surface area (Å²) in [7, 11) is 0. The van der Waals surface area contributed by atoms with E-state index < -0.39 is 5.97 Å². The summed E-state index contributed by atoms with van der Waals surface area (Å²) in [6.07, 6.45) is -0.0452. The number of nitrogens with zero attached hydrogens (tertiary/aromatic N) is 2. The highest BCUT2D eigenvalue weighted by Crippen LogP contribution is 2.22. The zero-order valence-electron chi connectivity index (χ0n) is 10.6. The second-order valence-electron chi connectivity index (χ2n) is 4.28. The van der Waals surface area contributed by atoms with Gasteiger partial charge in [0.15, 0.2) is 5.82 Å². The van der Waals surface area contributed by atoms with Crippen LogP contribution in [0.1, 0.15) is 17.0 Å². The largest absolute Gasteiger partial charge is 0.481 e. The highest BCUT2D eigenvalue weighted by molar-refractivity contribution is 9.10. The zero-order valence-corrected chi connectivity index (χ0v) is 12.2. The van der Waals surface area contributed by atoms with Gasteiger partial charge in [0.2, 0.25) is 0 Å². The number of aromatic nitrogens is 2. The lowest BCUT2D eigenvalue weighted by atomic mass is 10.1. The summed E-state index contributed by atoms with van der Waals surface area (Å²) in [6.45, 7) is 3.63. The molecule has 0 fully saturated rings. The van der Waals surface area contributed by atoms with Crippen LogP contribution in [0.25, 0.3) is 11.4 Å². The van der Waals surface area contributed by atoms with Crippen molar-refractivity contribution >= 4 is 21.9 Å². The summed E-state index contributed by atoms with van der Waals surface area (Å²) >= 11 is 3.41. The van der Waals surface area contributed by atoms with E-state index in [1.165, 1.54) is 0 Å². The Morgan fingerprint density at radius 3 is 2.42 bits per heavy atom. The second-order valence-corrected chi connectivity index (χ2v) is 5.19. The lowest BCUT2D eigenvalue weighted by molar-refractivity contribution is -0.136. The predicted octanol–water partition coefficient (Wildman–Crippen LogP) is 3.15. The van der Waals surface area contributed by atoms with Crippen molar-refractivity contribution in [3.8, 4) is 11.4 Å². The molecule has 0 bridgehead atoms. The molecule has 0 saturated carbocycles. The summed E-state index contributed by atoms with van der Waals surface area (Å²) in [4.78, 5) is 19.6. The molecular weight excluding hydrogens is 308 g/mol. The number of hydrogen-bond donors (Lipinski definition) is 1. The smallest absolute Gasteiger partial charge is 0.307 e. The Bertz CT molecular complexity index is 618. The first-order chi connectivity index (χ1) is 8.97. The number of aliphatic carboxylic acids is 1. The van der Waals surface area contributed by atoms with E-state index in [1.807, 2.05) is 38.1 Å². The third-order valence-electron chi connectivity index (χ3n) is 2.83. The molecule has 98 valence electrons. The first kappa shape index (κ1) is 13.7. The Balaban J connectivity index is 2.48. The fourth-order valence-corrected chi connectivity index (χ4v) is 2.30. The highest BCUT2D eigenvalue weighted by atomic mass is 79.9. The average Bonchev–Trinajstić information content (AvgIpc) is 2.33. The van der Waals surface area contributed by atoms with Crippen LogP contribution in [0.3, 0.4) is 0 Å². The minimum atomic E-state index is -0.870. The molecule has 1 aromatic carbocycles. The maximum Gasteiger partial charge on any atom is 0.307 e. The lowest BCUT2D eigenvalue weighted by Gasteiger charge is -2.09. The Labute approximate surface area is 119 Å². The molecule has 0 amide bonds. The zero-order chi connectivity index (χ0) is 14.0. The van der Waals surface area contributed by atoms with Gasteiger partial charge in [0, 0.05) is 27.0 Å². The SMILES string of the molecule is Cc1nc(-c2cccc(Br)c2)nc(C)c1CC(=O)O. The van der Waals surface area contributed by atoms with Crippen molar-refractivity contribution in [2.24, 2.45) is 0 Å². The lowest BCUT2D eigenvalue weighted by Crippen LogP contribution is -2.08. The molecule has 0 aliphatic carbocycles. The standard InChI is InChI=1S/C14H13BrN2O2/c1-8-12(7-13(18)19)9(2)17-14(16-8)10-4-3-5-11(15)6-10/h3-6H,7H2,1-2H3,(H,18,19). The molecule has 4 nitrogen and oxygen atoms in total. The van der Waals surface area contributed by atoms with E-state index in [9.17, 15) is 4.79 Å². The number of carboxylic acids is 1. The van der Waals surface area contributed by atoms with Crippen molar-refractivity contribution < 1.29 is 9.90 Å². The van der Waals surface area contributed by atoms with Crippen molar-refractivity contribution in [2.45, 2.75) is 20.3 Å². The van der Waals surface area contributed by atoms with Gasteiger partial charge in [-0.15, -0.1) is 0 Å². The molecule has 0 spiro atoms. The van der Waals surface area contributed by atoms with Gasteiger partial charge in [0.1, 0.15) is 0 Å². The van der Waals surface area contributed by atoms with E-state index in [4.69, 9.17) is 5.11 Å². The first-order valence-corrected chi connectivity index (χ1v) is 6.58. The van der Waals surface area contributed by atoms with Gasteiger partial charge in [0.25, 0.3) is 0 Å². The molecule has 1 N–H and O–H groups in total. The van der Waals surface area contributed by atoms with Crippen LogP contribution in [-0.4, -0.2) is 21.0 Å². The molecular formula is C14H13BrN2O2. The molecule has 2 aromatic rings. The van der Waals surface area contributed by atoms with Crippen molar-refractivity contribution in [1.29, 1.82) is 0 Å². The van der Waals surface area contributed by atoms with E-state index in [-0.39, 0.29) is 6.42 Å². The Morgan fingerprint density at radius 1 is 1.26 bits per heavy atom. The fourth-order valence-electron chi connectivity index (χ4n) is 1.90. The van der Waals surface area contributed by atoms with Gasteiger partial charge in [-0.25, -0.2) is 9.97 Å². The van der Waals surface area contributed by atoms with Crippen LogP contribution in [0.4, 0.5) is 0 Å². The summed E-state index contributed by atoms with van der Waals surface area (Å²) < 4.78 is 0.957. The molecule has 0 radical (unpaired) electrons. The van der Waals surface area contributed by atoms with Crippen LogP contribution in [0.5, 0.6) is 0 Å². The molecule has 1 heterocycles. The van der Waals surface area contributed by atoms with Crippen molar-refractivity contribution in [1.82, 2.24) is 9.97 Å². The third-order valence-corrected chi connectivity index (χ3v) is 3.32. The number of rotatable bonds is 3. The van der Waals surface area contributed by atoms with Crippen LogP contribution < -0.4 is 0 Å². The molecule has 0 saturated heterocycles. The highest BCUT2D eigenvalue weighted by Gasteiger charge is 2.12. The van der Waals surface area contributed by atoms with Gasteiger partial charge in [-0.05, 0) is 26.0 Å². The summed E-state index contributed by atoms with van der Waals surface area (Å²) in [6, 6.07) is 7.71. The van der Waals surface area contributed by atoms with Gasteiger partial charge in [-0.1, -0.05) is 28.1 Å². The van der Waals surface area contributed by atoms with Gasteiger partial charge >= 0.3 is 5.97 Å². The quantitative estimate of drug-likeness (QED) is 0.943. The van der Waals surface area contributed by atoms with Crippen LogP contribution in [-0.2, 0) is 11.2 Å². The second kappa shape index (κ2) is 5.48. The van der Waals surface area contributed by atoms with Crippen molar-refractivity contribution in [3.63, 3.8) is 0 Å². The minimum absolute atomic E-state index is 0.0452. The maximum absolute atomic E-state index is 10.8. The molecule has 0 atom stereocenters. The first-order valence-electron chi connectivity index (χ1n) is 5.79. The number of carbonyl (C=O) groups is 1. The van der Waals surface area contributed by atoms with Crippen LogP contribution in [0.2, 0.25) is 0 Å². The number of hydrogen-bond acceptors (Lipinski definition) is 3. The normalized spacial score (nSPS) is 10.5. The monoisotopic (exact) mass is 320 g/mol. The van der Waals surface area contributed by atoms with Gasteiger partial charge in [0.05, 0.1) is 6.42 Å². The molecule has 19 heavy (non-hydrogen) atoms. The van der Waals surface area contributed by atoms with Crippen molar-refractivity contribution in [3.05, 3.63) is 45.7 Å². The summed E-state index contributed by atoms with van der Waals surface area (Å²) in [5.74, 6) is -0.254. The Kier molecular flexibility index (Phi) is 3.95. The van der Waals surface area contributed by atoms with E-state index in [0.29, 0.717) is 22.8 Å². The predicted molar refractivity (Wildman–Crippen MR) is 76.0 cm³/mol. The number of carboxylic acid groups (broad SMARTS) is 1. The summed E-state index contributed by atoms with van der Waals surface area (Å²) in [5.41, 5.74) is 3.02. The van der Waals surface area contributed by atoms with Gasteiger partial charge < -0.3 is 5.11 Å². The number of benzene rings is 1. The van der Waals surface area contributed by atoms with Crippen LogP contribution in [0.15, 0.2) is 28.7 Å². The minimum Gasteiger partial charge on any atom is -0.481 e. The van der Waals surface area contributed by atoms with Crippen LogP contribution in [0, 0.1) is 13.8 Å². The molecule has 0 unspecified atom stereocenters. The van der Waals surface area contributed by atoms with Gasteiger partial charge in [-0.3, -0.25) is 4.79 Å². The average molecular weight is 321 g/mol. The van der Waals surface area contributed by atoms with E-state index >= 15 is 0 Å². The molecule has 1 aromatic heterocycles. The molecule has 0 aliphatic heterocycles. The third kappa shape index (κ3) is 3.17. The van der Waals surface area contributed by atoms with E-state index in [2.05, 4.69) is 25.9 Å². The number of halogens is 1.